The molecule has 5 nitrogen and oxygen atoms in total. The molecule has 1 atom stereocenters. The predicted octanol–water partition coefficient (Wildman–Crippen LogP) is 2.13. The Kier molecular flexibility index (Phi) is 4.64. The Hall–Kier alpha value is -0.860. The SMILES string of the molecule is Cc1nc(C[S@](=O)Cc2nsc(N(C)C)n2)sc1C. The maximum Gasteiger partial charge on any atom is 0.204 e. The monoisotopic (exact) mass is 316 g/mol. The number of anilines is 1. The van der Waals surface area contributed by atoms with E-state index >= 15 is 0 Å². The van der Waals surface area contributed by atoms with Crippen LogP contribution in [-0.4, -0.2) is 32.6 Å². The van der Waals surface area contributed by atoms with Crippen molar-refractivity contribution in [2.75, 3.05) is 19.0 Å². The molecule has 0 aliphatic carbocycles. The number of thiazole rings is 1. The number of rotatable bonds is 5. The van der Waals surface area contributed by atoms with Gasteiger partial charge in [0, 0.05) is 41.3 Å². The Morgan fingerprint density at radius 3 is 2.47 bits per heavy atom. The van der Waals surface area contributed by atoms with Gasteiger partial charge in [0.1, 0.15) is 5.01 Å². The van der Waals surface area contributed by atoms with E-state index in [0.29, 0.717) is 17.3 Å². The Morgan fingerprint density at radius 1 is 1.21 bits per heavy atom. The molecular weight excluding hydrogens is 300 g/mol. The minimum atomic E-state index is -1.01. The first kappa shape index (κ1) is 14.5. The molecule has 2 aromatic rings. The van der Waals surface area contributed by atoms with Crippen LogP contribution in [0.3, 0.4) is 0 Å². The first-order valence-electron chi connectivity index (χ1n) is 5.73. The van der Waals surface area contributed by atoms with E-state index in [1.807, 2.05) is 32.8 Å². The summed E-state index contributed by atoms with van der Waals surface area (Å²) in [5, 5.41) is 1.77. The van der Waals surface area contributed by atoms with Gasteiger partial charge in [0.05, 0.1) is 17.2 Å². The summed E-state index contributed by atoms with van der Waals surface area (Å²) in [6.45, 7) is 4.01. The highest BCUT2D eigenvalue weighted by Crippen LogP contribution is 2.19. The molecule has 2 aromatic heterocycles. The zero-order chi connectivity index (χ0) is 14.0. The summed E-state index contributed by atoms with van der Waals surface area (Å²) in [7, 11) is 2.83. The second kappa shape index (κ2) is 6.06. The van der Waals surface area contributed by atoms with Crippen molar-refractivity contribution < 1.29 is 4.21 Å². The molecule has 2 rings (SSSR count). The lowest BCUT2D eigenvalue weighted by molar-refractivity contribution is 0.681. The van der Waals surface area contributed by atoms with Crippen LogP contribution in [0, 0.1) is 13.8 Å². The quantitative estimate of drug-likeness (QED) is 0.846. The highest BCUT2D eigenvalue weighted by Gasteiger charge is 2.12. The van der Waals surface area contributed by atoms with Gasteiger partial charge in [0.15, 0.2) is 5.82 Å². The van der Waals surface area contributed by atoms with E-state index in [1.54, 1.807) is 11.3 Å². The summed E-state index contributed by atoms with van der Waals surface area (Å²) in [5.74, 6) is 1.52. The molecule has 0 amide bonds. The molecule has 0 aliphatic heterocycles. The highest BCUT2D eigenvalue weighted by molar-refractivity contribution is 7.83. The normalized spacial score (nSPS) is 12.6. The van der Waals surface area contributed by atoms with Crippen LogP contribution in [0.4, 0.5) is 5.13 Å². The van der Waals surface area contributed by atoms with E-state index in [1.165, 1.54) is 16.4 Å². The van der Waals surface area contributed by atoms with Gasteiger partial charge in [-0.2, -0.15) is 4.37 Å². The maximum atomic E-state index is 12.1. The third-order valence-electron chi connectivity index (χ3n) is 2.49. The topological polar surface area (TPSA) is 59.0 Å². The predicted molar refractivity (Wildman–Crippen MR) is 81.4 cm³/mol. The van der Waals surface area contributed by atoms with Gasteiger partial charge in [-0.3, -0.25) is 4.21 Å². The number of aryl methyl sites for hydroxylation is 2. The third kappa shape index (κ3) is 3.80. The lowest BCUT2D eigenvalue weighted by Gasteiger charge is -2.04. The lowest BCUT2D eigenvalue weighted by atomic mass is 10.4. The summed E-state index contributed by atoms with van der Waals surface area (Å²) in [4.78, 5) is 11.8. The minimum absolute atomic E-state index is 0.391. The van der Waals surface area contributed by atoms with Crippen LogP contribution < -0.4 is 4.90 Å². The van der Waals surface area contributed by atoms with Crippen molar-refractivity contribution in [2.24, 2.45) is 0 Å². The van der Waals surface area contributed by atoms with Crippen LogP contribution >= 0.6 is 22.9 Å². The summed E-state index contributed by atoms with van der Waals surface area (Å²) >= 11 is 2.94. The molecule has 0 unspecified atom stereocenters. The fraction of sp³-hybridized carbons (Fsp3) is 0.545. The van der Waals surface area contributed by atoms with Gasteiger partial charge in [-0.15, -0.1) is 11.3 Å². The first-order chi connectivity index (χ1) is 8.95. The number of nitrogens with zero attached hydrogens (tertiary/aromatic N) is 4. The third-order valence-corrected chi connectivity index (χ3v) is 5.84. The fourth-order valence-electron chi connectivity index (χ4n) is 1.42. The molecule has 0 aliphatic rings. The molecule has 0 aromatic carbocycles. The van der Waals surface area contributed by atoms with Crippen molar-refractivity contribution in [1.82, 2.24) is 14.3 Å². The summed E-state index contributed by atoms with van der Waals surface area (Å²) < 4.78 is 16.3. The van der Waals surface area contributed by atoms with E-state index in [9.17, 15) is 4.21 Å². The van der Waals surface area contributed by atoms with Crippen molar-refractivity contribution in [2.45, 2.75) is 25.4 Å². The van der Waals surface area contributed by atoms with Crippen LogP contribution in [-0.2, 0) is 22.3 Å². The number of aromatic nitrogens is 3. The van der Waals surface area contributed by atoms with Crippen molar-refractivity contribution in [3.05, 3.63) is 21.4 Å². The molecule has 0 N–H and O–H groups in total. The van der Waals surface area contributed by atoms with E-state index < -0.39 is 10.8 Å². The Morgan fingerprint density at radius 2 is 1.95 bits per heavy atom. The molecule has 2 heterocycles. The number of hydrogen-bond acceptors (Lipinski definition) is 7. The average Bonchev–Trinajstić information content (AvgIpc) is 2.87. The van der Waals surface area contributed by atoms with Crippen molar-refractivity contribution >= 4 is 38.8 Å². The van der Waals surface area contributed by atoms with Crippen LogP contribution in [0.15, 0.2) is 0 Å². The largest absolute Gasteiger partial charge is 0.353 e. The van der Waals surface area contributed by atoms with E-state index in [0.717, 1.165) is 15.8 Å². The van der Waals surface area contributed by atoms with E-state index in [4.69, 9.17) is 0 Å². The molecular formula is C11H16N4OS3. The second-order valence-electron chi connectivity index (χ2n) is 4.37. The first-order valence-corrected chi connectivity index (χ1v) is 8.81. The molecule has 0 saturated carbocycles. The van der Waals surface area contributed by atoms with Crippen LogP contribution in [0.5, 0.6) is 0 Å². The maximum absolute atomic E-state index is 12.1. The summed E-state index contributed by atoms with van der Waals surface area (Å²) in [6, 6.07) is 0. The van der Waals surface area contributed by atoms with E-state index in [2.05, 4.69) is 14.3 Å². The van der Waals surface area contributed by atoms with Gasteiger partial charge in [-0.05, 0) is 13.8 Å². The molecule has 0 radical (unpaired) electrons. The van der Waals surface area contributed by atoms with Crippen LogP contribution in [0.1, 0.15) is 21.4 Å². The molecule has 104 valence electrons. The summed E-state index contributed by atoms with van der Waals surface area (Å²) in [6.07, 6.45) is 0. The average molecular weight is 316 g/mol. The van der Waals surface area contributed by atoms with Gasteiger partial charge in [-0.1, -0.05) is 0 Å². The van der Waals surface area contributed by atoms with Gasteiger partial charge < -0.3 is 4.90 Å². The smallest absolute Gasteiger partial charge is 0.204 e. The summed E-state index contributed by atoms with van der Waals surface area (Å²) in [5.41, 5.74) is 1.03. The standard InChI is InChI=1S/C11H16N4OS3/c1-7-8(2)17-10(12-7)6-19(16)5-9-13-11(15(3)4)18-14-9/h5-6H2,1-4H3/t19-/m1/s1. The van der Waals surface area contributed by atoms with Crippen molar-refractivity contribution in [3.8, 4) is 0 Å². The Balaban J connectivity index is 1.97. The van der Waals surface area contributed by atoms with Crippen LogP contribution in [0.2, 0.25) is 0 Å². The van der Waals surface area contributed by atoms with Gasteiger partial charge in [0.25, 0.3) is 0 Å². The van der Waals surface area contributed by atoms with E-state index in [-0.39, 0.29) is 0 Å². The molecule has 0 bridgehead atoms. The zero-order valence-electron chi connectivity index (χ0n) is 11.3. The number of hydrogen-bond donors (Lipinski definition) is 0. The van der Waals surface area contributed by atoms with Gasteiger partial charge in [-0.25, -0.2) is 9.97 Å². The Bertz CT molecular complexity index is 571. The fourth-order valence-corrected chi connectivity index (χ4v) is 4.32. The highest BCUT2D eigenvalue weighted by atomic mass is 32.2. The van der Waals surface area contributed by atoms with Crippen molar-refractivity contribution in [3.63, 3.8) is 0 Å². The molecule has 0 saturated heterocycles. The van der Waals surface area contributed by atoms with Crippen LogP contribution in [0.25, 0.3) is 0 Å². The van der Waals surface area contributed by atoms with Gasteiger partial charge in [0.2, 0.25) is 5.13 Å². The second-order valence-corrected chi connectivity index (χ2v) is 7.84. The van der Waals surface area contributed by atoms with Gasteiger partial charge >= 0.3 is 0 Å². The molecule has 19 heavy (non-hydrogen) atoms. The molecule has 0 fully saturated rings. The molecule has 0 spiro atoms. The Labute approximate surface area is 123 Å². The molecule has 8 heteroatoms. The zero-order valence-corrected chi connectivity index (χ0v) is 13.8. The lowest BCUT2D eigenvalue weighted by Crippen LogP contribution is -2.08. The minimum Gasteiger partial charge on any atom is -0.353 e. The van der Waals surface area contributed by atoms with Crippen molar-refractivity contribution in [1.29, 1.82) is 0 Å².